The van der Waals surface area contributed by atoms with Crippen molar-refractivity contribution >= 4 is 0 Å². The molecule has 0 heteroatoms. The molecule has 0 aliphatic heterocycles. The summed E-state index contributed by atoms with van der Waals surface area (Å²) >= 11 is 0. The minimum atomic E-state index is 0.849. The fourth-order valence-corrected chi connectivity index (χ4v) is 2.51. The van der Waals surface area contributed by atoms with Crippen molar-refractivity contribution < 1.29 is 0 Å². The summed E-state index contributed by atoms with van der Waals surface area (Å²) in [7, 11) is 0. The van der Waals surface area contributed by atoms with Crippen molar-refractivity contribution in [2.75, 3.05) is 0 Å². The van der Waals surface area contributed by atoms with E-state index in [1.807, 2.05) is 0 Å². The molecule has 0 heterocycles. The van der Waals surface area contributed by atoms with E-state index in [0.29, 0.717) is 0 Å². The number of rotatable bonds is 14. The van der Waals surface area contributed by atoms with Gasteiger partial charge in [0.25, 0.3) is 0 Å². The highest BCUT2D eigenvalue weighted by molar-refractivity contribution is 4.72. The SMILES string of the molecule is CCCCCCCCC[CH]C(C)CCCCCC. The van der Waals surface area contributed by atoms with Gasteiger partial charge in [-0.3, -0.25) is 0 Å². The van der Waals surface area contributed by atoms with Crippen LogP contribution in [0.25, 0.3) is 0 Å². The van der Waals surface area contributed by atoms with Crippen LogP contribution < -0.4 is 0 Å². The molecule has 0 aliphatic carbocycles. The number of hydrogen-bond donors (Lipinski definition) is 0. The molecule has 0 aromatic rings. The molecule has 1 atom stereocenters. The van der Waals surface area contributed by atoms with Crippen LogP contribution in [0.1, 0.15) is 104 Å². The topological polar surface area (TPSA) is 0 Å². The Morgan fingerprint density at radius 3 is 1.78 bits per heavy atom. The van der Waals surface area contributed by atoms with E-state index in [0.717, 1.165) is 5.92 Å². The second-order valence-electron chi connectivity index (χ2n) is 5.97. The molecule has 0 amide bonds. The second kappa shape index (κ2) is 15.1. The summed E-state index contributed by atoms with van der Waals surface area (Å²) in [6.07, 6.45) is 21.0. The standard InChI is InChI=1S/C18H37/c1-4-6-8-10-11-12-13-15-17-18(3)16-14-9-7-5-2/h17-18H,4-16H2,1-3H3. The second-order valence-corrected chi connectivity index (χ2v) is 5.97. The average Bonchev–Trinajstić information content (AvgIpc) is 2.38. The molecule has 0 nitrogen and oxygen atoms in total. The van der Waals surface area contributed by atoms with Crippen molar-refractivity contribution in [1.29, 1.82) is 0 Å². The smallest absolute Gasteiger partial charge is 0.0358 e. The Labute approximate surface area is 117 Å². The Morgan fingerprint density at radius 1 is 0.667 bits per heavy atom. The summed E-state index contributed by atoms with van der Waals surface area (Å²) in [5, 5.41) is 0. The Bertz CT molecular complexity index is 139. The molecule has 109 valence electrons. The van der Waals surface area contributed by atoms with E-state index >= 15 is 0 Å². The van der Waals surface area contributed by atoms with Gasteiger partial charge in [-0.05, 0) is 18.8 Å². The van der Waals surface area contributed by atoms with Gasteiger partial charge in [-0.1, -0.05) is 97.8 Å². The molecule has 0 saturated heterocycles. The van der Waals surface area contributed by atoms with Crippen molar-refractivity contribution in [2.45, 2.75) is 104 Å². The van der Waals surface area contributed by atoms with E-state index in [2.05, 4.69) is 27.2 Å². The van der Waals surface area contributed by atoms with Crippen molar-refractivity contribution in [3.63, 3.8) is 0 Å². The van der Waals surface area contributed by atoms with E-state index in [1.54, 1.807) is 0 Å². The fraction of sp³-hybridized carbons (Fsp3) is 0.944. The van der Waals surface area contributed by atoms with Gasteiger partial charge in [-0.25, -0.2) is 0 Å². The lowest BCUT2D eigenvalue weighted by atomic mass is 9.96. The molecule has 0 aliphatic rings. The average molecular weight is 253 g/mol. The van der Waals surface area contributed by atoms with Crippen LogP contribution in [-0.2, 0) is 0 Å². The Morgan fingerprint density at radius 2 is 1.17 bits per heavy atom. The van der Waals surface area contributed by atoms with Crippen LogP contribution in [0, 0.1) is 12.3 Å². The molecular formula is C18H37. The zero-order chi connectivity index (χ0) is 13.5. The van der Waals surface area contributed by atoms with Crippen molar-refractivity contribution in [3.8, 4) is 0 Å². The molecule has 18 heavy (non-hydrogen) atoms. The van der Waals surface area contributed by atoms with E-state index in [4.69, 9.17) is 0 Å². The number of hydrogen-bond acceptors (Lipinski definition) is 0. The third kappa shape index (κ3) is 14.1. The maximum absolute atomic E-state index is 2.57. The summed E-state index contributed by atoms with van der Waals surface area (Å²) < 4.78 is 0. The highest BCUT2D eigenvalue weighted by Crippen LogP contribution is 2.17. The first-order valence-corrected chi connectivity index (χ1v) is 8.64. The maximum Gasteiger partial charge on any atom is -0.0358 e. The lowest BCUT2D eigenvalue weighted by Gasteiger charge is -2.10. The molecule has 0 spiro atoms. The van der Waals surface area contributed by atoms with Gasteiger partial charge in [0.15, 0.2) is 0 Å². The third-order valence-corrected chi connectivity index (χ3v) is 3.89. The monoisotopic (exact) mass is 253 g/mol. The Balaban J connectivity index is 3.08. The van der Waals surface area contributed by atoms with Gasteiger partial charge in [0.05, 0.1) is 0 Å². The lowest BCUT2D eigenvalue weighted by molar-refractivity contribution is 0.511. The molecule has 0 rings (SSSR count). The van der Waals surface area contributed by atoms with Crippen LogP contribution in [0.3, 0.4) is 0 Å². The normalized spacial score (nSPS) is 12.8. The predicted molar refractivity (Wildman–Crippen MR) is 84.8 cm³/mol. The van der Waals surface area contributed by atoms with Crippen LogP contribution >= 0.6 is 0 Å². The van der Waals surface area contributed by atoms with Gasteiger partial charge in [0, 0.05) is 0 Å². The van der Waals surface area contributed by atoms with E-state index in [1.165, 1.54) is 83.5 Å². The Kier molecular flexibility index (Phi) is 15.1. The van der Waals surface area contributed by atoms with Crippen LogP contribution in [0.15, 0.2) is 0 Å². The fourth-order valence-electron chi connectivity index (χ4n) is 2.51. The summed E-state index contributed by atoms with van der Waals surface area (Å²) in [5.41, 5.74) is 0. The van der Waals surface area contributed by atoms with Gasteiger partial charge in [0.1, 0.15) is 0 Å². The highest BCUT2D eigenvalue weighted by Gasteiger charge is 2.02. The summed E-state index contributed by atoms with van der Waals surface area (Å²) in [6, 6.07) is 0. The van der Waals surface area contributed by atoms with Gasteiger partial charge in [0.2, 0.25) is 0 Å². The quantitative estimate of drug-likeness (QED) is 0.294. The van der Waals surface area contributed by atoms with Gasteiger partial charge in [-0.15, -0.1) is 0 Å². The molecule has 0 bridgehead atoms. The molecule has 1 unspecified atom stereocenters. The van der Waals surface area contributed by atoms with Gasteiger partial charge < -0.3 is 0 Å². The van der Waals surface area contributed by atoms with E-state index in [9.17, 15) is 0 Å². The van der Waals surface area contributed by atoms with Crippen LogP contribution in [0.5, 0.6) is 0 Å². The van der Waals surface area contributed by atoms with Crippen molar-refractivity contribution in [3.05, 3.63) is 6.42 Å². The van der Waals surface area contributed by atoms with E-state index < -0.39 is 0 Å². The largest absolute Gasteiger partial charge is 0.0654 e. The Hall–Kier alpha value is 0. The minimum absolute atomic E-state index is 0.849. The molecule has 0 aromatic carbocycles. The van der Waals surface area contributed by atoms with Crippen LogP contribution in [-0.4, -0.2) is 0 Å². The minimum Gasteiger partial charge on any atom is -0.0654 e. The first-order chi connectivity index (χ1) is 8.81. The number of unbranched alkanes of at least 4 members (excludes halogenated alkanes) is 10. The highest BCUT2D eigenvalue weighted by atomic mass is 14.1. The molecule has 0 fully saturated rings. The molecule has 1 radical (unpaired) electrons. The molecule has 0 N–H and O–H groups in total. The van der Waals surface area contributed by atoms with Crippen LogP contribution in [0.2, 0.25) is 0 Å². The first kappa shape index (κ1) is 18.0. The molecular weight excluding hydrogens is 216 g/mol. The van der Waals surface area contributed by atoms with Gasteiger partial charge in [-0.2, -0.15) is 0 Å². The van der Waals surface area contributed by atoms with E-state index in [-0.39, 0.29) is 0 Å². The predicted octanol–water partition coefficient (Wildman–Crippen LogP) is 6.94. The lowest BCUT2D eigenvalue weighted by Crippen LogP contribution is -1.96. The summed E-state index contributed by atoms with van der Waals surface area (Å²) in [4.78, 5) is 0. The van der Waals surface area contributed by atoms with Crippen molar-refractivity contribution in [2.24, 2.45) is 5.92 Å². The van der Waals surface area contributed by atoms with Crippen molar-refractivity contribution in [1.82, 2.24) is 0 Å². The first-order valence-electron chi connectivity index (χ1n) is 8.64. The van der Waals surface area contributed by atoms with Gasteiger partial charge >= 0.3 is 0 Å². The third-order valence-electron chi connectivity index (χ3n) is 3.89. The molecule has 0 aromatic heterocycles. The zero-order valence-electron chi connectivity index (χ0n) is 13.3. The summed E-state index contributed by atoms with van der Waals surface area (Å²) in [5.74, 6) is 0.849. The summed E-state index contributed by atoms with van der Waals surface area (Å²) in [6.45, 7) is 6.97. The maximum atomic E-state index is 2.57. The van der Waals surface area contributed by atoms with Crippen LogP contribution in [0.4, 0.5) is 0 Å². The molecule has 0 saturated carbocycles. The zero-order valence-corrected chi connectivity index (χ0v) is 13.3.